The van der Waals surface area contributed by atoms with E-state index in [1.165, 1.54) is 24.2 Å². The van der Waals surface area contributed by atoms with E-state index < -0.39 is 20.0 Å². The number of halogens is 3. The van der Waals surface area contributed by atoms with Crippen LogP contribution in [0.4, 0.5) is 13.2 Å². The molecule has 4 heteroatoms. The molecule has 0 aromatic carbocycles. The summed E-state index contributed by atoms with van der Waals surface area (Å²) in [6.45, 7) is 0. The Kier molecular flexibility index (Phi) is 4.33. The summed E-state index contributed by atoms with van der Waals surface area (Å²) >= 11 is -1.32. The zero-order chi connectivity index (χ0) is 9.73. The van der Waals surface area contributed by atoms with Gasteiger partial charge in [0.1, 0.15) is 0 Å². The van der Waals surface area contributed by atoms with E-state index >= 15 is 0 Å². The van der Waals surface area contributed by atoms with Gasteiger partial charge in [0.25, 0.3) is 0 Å². The van der Waals surface area contributed by atoms with Crippen LogP contribution in [-0.2, 0) is 0 Å². The van der Waals surface area contributed by atoms with E-state index in [1.54, 1.807) is 6.08 Å². The maximum absolute atomic E-state index is 11.8. The average Bonchev–Trinajstić information content (AvgIpc) is 2.04. The van der Waals surface area contributed by atoms with Crippen LogP contribution in [0.15, 0.2) is 11.1 Å². The molecule has 1 rings (SSSR count). The van der Waals surface area contributed by atoms with Gasteiger partial charge in [-0.2, -0.15) is 0 Å². The van der Waals surface area contributed by atoms with Crippen LogP contribution in [0.5, 0.6) is 0 Å². The molecule has 0 spiro atoms. The van der Waals surface area contributed by atoms with Gasteiger partial charge in [0.2, 0.25) is 0 Å². The topological polar surface area (TPSA) is 0 Å². The van der Waals surface area contributed by atoms with E-state index in [2.05, 4.69) is 0 Å². The van der Waals surface area contributed by atoms with E-state index in [9.17, 15) is 13.2 Å². The van der Waals surface area contributed by atoms with Gasteiger partial charge in [-0.15, -0.1) is 0 Å². The molecule has 13 heavy (non-hydrogen) atoms. The Balaban J connectivity index is 2.22. The van der Waals surface area contributed by atoms with Crippen LogP contribution in [0.2, 0.25) is 0 Å². The third-order valence-electron chi connectivity index (χ3n) is 2.20. The summed E-state index contributed by atoms with van der Waals surface area (Å²) < 4.78 is 35.4. The predicted octanol–water partition coefficient (Wildman–Crippen LogP) is 3.30. The van der Waals surface area contributed by atoms with Crippen LogP contribution in [-0.4, -0.2) is 20.0 Å². The fourth-order valence-electron chi connectivity index (χ4n) is 1.55. The fourth-order valence-corrected chi connectivity index (χ4v) is 2.51. The molecule has 0 heterocycles. The Hall–Kier alpha value is 0.0495. The van der Waals surface area contributed by atoms with Crippen molar-refractivity contribution in [2.75, 3.05) is 0 Å². The van der Waals surface area contributed by atoms with Crippen molar-refractivity contribution in [3.63, 3.8) is 0 Å². The van der Waals surface area contributed by atoms with Crippen LogP contribution in [0.1, 0.15) is 32.1 Å². The summed E-state index contributed by atoms with van der Waals surface area (Å²) in [7, 11) is 0. The summed E-state index contributed by atoms with van der Waals surface area (Å²) in [5, 5.41) is -3.97. The molecule has 0 radical (unpaired) electrons. The van der Waals surface area contributed by atoms with Crippen molar-refractivity contribution in [2.24, 2.45) is 5.92 Å². The van der Waals surface area contributed by atoms with E-state index in [0.29, 0.717) is 5.92 Å². The minimum absolute atomic E-state index is 0.415. The van der Waals surface area contributed by atoms with Crippen molar-refractivity contribution in [1.82, 2.24) is 0 Å². The van der Waals surface area contributed by atoms with E-state index in [0.717, 1.165) is 12.8 Å². The first-order valence-corrected chi connectivity index (χ1v) is 6.34. The summed E-state index contributed by atoms with van der Waals surface area (Å²) in [5.41, 5.74) is 0. The van der Waals surface area contributed by atoms with Crippen LogP contribution in [0.25, 0.3) is 0 Å². The van der Waals surface area contributed by atoms with Gasteiger partial charge in [0.15, 0.2) is 0 Å². The van der Waals surface area contributed by atoms with Crippen molar-refractivity contribution >= 4 is 15.0 Å². The molecule has 0 atom stereocenters. The number of allylic oxidation sites excluding steroid dienone is 1. The van der Waals surface area contributed by atoms with Crippen LogP contribution >= 0.6 is 0 Å². The minimum atomic E-state index is -3.97. The van der Waals surface area contributed by atoms with Crippen LogP contribution in [0.3, 0.4) is 0 Å². The van der Waals surface area contributed by atoms with Crippen molar-refractivity contribution in [1.29, 1.82) is 0 Å². The van der Waals surface area contributed by atoms with Crippen LogP contribution in [0, 0.1) is 5.92 Å². The summed E-state index contributed by atoms with van der Waals surface area (Å²) in [6, 6.07) is 0. The molecule has 76 valence electrons. The summed E-state index contributed by atoms with van der Waals surface area (Å²) in [4.78, 5) is 1.34. The molecular formula is C9H13F3Se. The van der Waals surface area contributed by atoms with Crippen molar-refractivity contribution in [3.05, 3.63) is 11.1 Å². The van der Waals surface area contributed by atoms with Gasteiger partial charge >= 0.3 is 82.3 Å². The SMILES string of the molecule is FC(F)(F)[Se]/C=C/C1CCCCC1. The Bertz CT molecular complexity index is 168. The molecule has 0 unspecified atom stereocenters. The Morgan fingerprint density at radius 2 is 1.69 bits per heavy atom. The number of hydrogen-bond acceptors (Lipinski definition) is 0. The molecule has 1 fully saturated rings. The van der Waals surface area contributed by atoms with Crippen molar-refractivity contribution in [3.8, 4) is 0 Å². The van der Waals surface area contributed by atoms with Crippen LogP contribution < -0.4 is 0 Å². The van der Waals surface area contributed by atoms with Crippen molar-refractivity contribution < 1.29 is 13.2 Å². The quantitative estimate of drug-likeness (QED) is 0.666. The van der Waals surface area contributed by atoms with Gasteiger partial charge in [-0.1, -0.05) is 0 Å². The molecule has 1 aliphatic rings. The van der Waals surface area contributed by atoms with Gasteiger partial charge < -0.3 is 0 Å². The van der Waals surface area contributed by atoms with E-state index in [4.69, 9.17) is 0 Å². The fraction of sp³-hybridized carbons (Fsp3) is 0.778. The first-order valence-electron chi connectivity index (χ1n) is 4.49. The second-order valence-electron chi connectivity index (χ2n) is 3.29. The van der Waals surface area contributed by atoms with Crippen molar-refractivity contribution in [2.45, 2.75) is 37.2 Å². The number of hydrogen-bond donors (Lipinski definition) is 0. The average molecular weight is 257 g/mol. The second kappa shape index (κ2) is 5.06. The predicted molar refractivity (Wildman–Crippen MR) is 47.5 cm³/mol. The monoisotopic (exact) mass is 258 g/mol. The molecule has 0 N–H and O–H groups in total. The van der Waals surface area contributed by atoms with Gasteiger partial charge in [-0.3, -0.25) is 0 Å². The molecule has 0 bridgehead atoms. The third kappa shape index (κ3) is 5.37. The Labute approximate surface area is 82.7 Å². The molecule has 0 saturated heterocycles. The normalized spacial score (nSPS) is 21.2. The third-order valence-corrected chi connectivity index (χ3v) is 3.38. The summed E-state index contributed by atoms with van der Waals surface area (Å²) in [6.07, 6.45) is 7.51. The zero-order valence-electron chi connectivity index (χ0n) is 7.31. The number of alkyl halides is 3. The van der Waals surface area contributed by atoms with Gasteiger partial charge in [-0.05, 0) is 0 Å². The molecule has 0 aromatic rings. The first kappa shape index (κ1) is 11.1. The second-order valence-corrected chi connectivity index (χ2v) is 5.33. The van der Waals surface area contributed by atoms with Gasteiger partial charge in [-0.25, -0.2) is 0 Å². The zero-order valence-corrected chi connectivity index (χ0v) is 9.02. The molecule has 1 saturated carbocycles. The number of rotatable bonds is 2. The Morgan fingerprint density at radius 1 is 1.08 bits per heavy atom. The molecule has 0 nitrogen and oxygen atoms in total. The van der Waals surface area contributed by atoms with E-state index in [1.807, 2.05) is 0 Å². The first-order chi connectivity index (χ1) is 6.08. The maximum atomic E-state index is 11.8. The van der Waals surface area contributed by atoms with Gasteiger partial charge in [0.05, 0.1) is 0 Å². The summed E-state index contributed by atoms with van der Waals surface area (Å²) in [5.74, 6) is 0.415. The van der Waals surface area contributed by atoms with E-state index in [-0.39, 0.29) is 0 Å². The molecular weight excluding hydrogens is 244 g/mol. The molecule has 0 aliphatic heterocycles. The molecule has 0 aromatic heterocycles. The molecule has 1 aliphatic carbocycles. The Morgan fingerprint density at radius 3 is 2.23 bits per heavy atom. The molecule has 0 amide bonds. The standard InChI is InChI=1S/C9H13F3Se/c10-9(11,12)13-7-6-8-4-2-1-3-5-8/h6-8H,1-5H2/b7-6+. The van der Waals surface area contributed by atoms with Gasteiger partial charge in [0, 0.05) is 0 Å².